The van der Waals surface area contributed by atoms with Crippen molar-refractivity contribution in [2.24, 2.45) is 0 Å². The zero-order valence-corrected chi connectivity index (χ0v) is 16.9. The van der Waals surface area contributed by atoms with E-state index in [1.165, 1.54) is 6.07 Å². The average molecular weight is 415 g/mol. The van der Waals surface area contributed by atoms with Gasteiger partial charge in [0.1, 0.15) is 24.2 Å². The van der Waals surface area contributed by atoms with E-state index in [1.807, 2.05) is 19.9 Å². The number of carbonyl (C=O) groups excluding carboxylic acids is 1. The molecule has 3 N–H and O–H groups in total. The number of rotatable bonds is 2. The van der Waals surface area contributed by atoms with Gasteiger partial charge in [0.05, 0.1) is 16.8 Å². The molecule has 2 aliphatic heterocycles. The third kappa shape index (κ3) is 2.94. The van der Waals surface area contributed by atoms with Crippen molar-refractivity contribution >= 4 is 28.9 Å². The SMILES string of the molecule is Cc1c(-c2cc(F)c3c(c2C)/C(=C/c2cc(C#N)c[nH]2)C(=O)N3)cnc2c1NCCO2. The third-order valence-electron chi connectivity index (χ3n) is 5.66. The lowest BCUT2D eigenvalue weighted by Gasteiger charge is -2.22. The molecule has 1 amide bonds. The molecule has 31 heavy (non-hydrogen) atoms. The normalized spacial score (nSPS) is 15.5. The molecule has 0 aliphatic carbocycles. The lowest BCUT2D eigenvalue weighted by molar-refractivity contribution is -0.110. The summed E-state index contributed by atoms with van der Waals surface area (Å²) >= 11 is 0. The summed E-state index contributed by atoms with van der Waals surface area (Å²) in [7, 11) is 0. The summed E-state index contributed by atoms with van der Waals surface area (Å²) < 4.78 is 20.7. The van der Waals surface area contributed by atoms with Crippen LogP contribution < -0.4 is 15.4 Å². The van der Waals surface area contributed by atoms with Crippen molar-refractivity contribution in [2.45, 2.75) is 13.8 Å². The van der Waals surface area contributed by atoms with Crippen LogP contribution in [0.3, 0.4) is 0 Å². The number of aromatic nitrogens is 2. The number of H-pyrrole nitrogens is 1. The number of anilines is 2. The summed E-state index contributed by atoms with van der Waals surface area (Å²) in [4.78, 5) is 20.0. The van der Waals surface area contributed by atoms with E-state index in [0.29, 0.717) is 47.0 Å². The molecule has 1 aromatic carbocycles. The predicted molar refractivity (Wildman–Crippen MR) is 115 cm³/mol. The second kappa shape index (κ2) is 6.99. The van der Waals surface area contributed by atoms with Crippen molar-refractivity contribution in [3.8, 4) is 23.1 Å². The summed E-state index contributed by atoms with van der Waals surface area (Å²) in [5.41, 5.74) is 5.93. The first kappa shape index (κ1) is 18.9. The zero-order chi connectivity index (χ0) is 21.7. The molecule has 0 fully saturated rings. The van der Waals surface area contributed by atoms with Gasteiger partial charge in [-0.3, -0.25) is 4.79 Å². The number of fused-ring (bicyclic) bond motifs is 2. The van der Waals surface area contributed by atoms with Gasteiger partial charge in [0.25, 0.3) is 5.91 Å². The monoisotopic (exact) mass is 415 g/mol. The number of halogens is 1. The van der Waals surface area contributed by atoms with Crippen LogP contribution in [0, 0.1) is 31.0 Å². The topological polar surface area (TPSA) is 103 Å². The molecule has 0 saturated heterocycles. The Labute approximate surface area is 177 Å². The maximum Gasteiger partial charge on any atom is 0.256 e. The number of nitrogens with one attached hydrogen (secondary N) is 3. The summed E-state index contributed by atoms with van der Waals surface area (Å²) in [5.74, 6) is -0.375. The Morgan fingerprint density at radius 1 is 1.23 bits per heavy atom. The number of amides is 1. The summed E-state index contributed by atoms with van der Waals surface area (Å²) in [5, 5.41) is 15.0. The number of nitrogens with zero attached hydrogens (tertiary/aromatic N) is 2. The Kier molecular flexibility index (Phi) is 4.26. The molecule has 2 aliphatic rings. The van der Waals surface area contributed by atoms with Crippen LogP contribution in [0.25, 0.3) is 22.8 Å². The number of pyridine rings is 1. The summed E-state index contributed by atoms with van der Waals surface area (Å²) in [6, 6.07) is 5.11. The number of nitriles is 1. The summed E-state index contributed by atoms with van der Waals surface area (Å²) in [6.45, 7) is 5.01. The van der Waals surface area contributed by atoms with Gasteiger partial charge in [-0.15, -0.1) is 0 Å². The van der Waals surface area contributed by atoms with Crippen molar-refractivity contribution in [3.63, 3.8) is 0 Å². The molecule has 0 saturated carbocycles. The molecule has 154 valence electrons. The zero-order valence-electron chi connectivity index (χ0n) is 16.9. The highest BCUT2D eigenvalue weighted by Crippen LogP contribution is 2.44. The Balaban J connectivity index is 1.69. The number of hydrogen-bond donors (Lipinski definition) is 3. The molecule has 8 heteroatoms. The van der Waals surface area contributed by atoms with E-state index in [1.54, 1.807) is 24.5 Å². The Morgan fingerprint density at radius 2 is 2.06 bits per heavy atom. The van der Waals surface area contributed by atoms with E-state index < -0.39 is 11.7 Å². The predicted octanol–water partition coefficient (Wildman–Crippen LogP) is 4.00. The third-order valence-corrected chi connectivity index (χ3v) is 5.66. The van der Waals surface area contributed by atoms with Gasteiger partial charge >= 0.3 is 0 Å². The van der Waals surface area contributed by atoms with Gasteiger partial charge in [-0.2, -0.15) is 5.26 Å². The van der Waals surface area contributed by atoms with Gasteiger partial charge in [-0.1, -0.05) is 0 Å². The molecule has 2 aromatic heterocycles. The average Bonchev–Trinajstić information content (AvgIpc) is 3.36. The van der Waals surface area contributed by atoms with Gasteiger partial charge in [-0.25, -0.2) is 9.37 Å². The lowest BCUT2D eigenvalue weighted by Crippen LogP contribution is -2.20. The van der Waals surface area contributed by atoms with Crippen molar-refractivity contribution in [1.29, 1.82) is 5.26 Å². The van der Waals surface area contributed by atoms with Crippen LogP contribution in [0.15, 0.2) is 24.5 Å². The molecule has 4 heterocycles. The molecule has 5 rings (SSSR count). The second-order valence-corrected chi connectivity index (χ2v) is 7.50. The van der Waals surface area contributed by atoms with Crippen LogP contribution in [0.2, 0.25) is 0 Å². The number of carbonyl (C=O) groups is 1. The van der Waals surface area contributed by atoms with Crippen LogP contribution in [0.4, 0.5) is 15.8 Å². The Hall–Kier alpha value is -4.12. The first-order valence-electron chi connectivity index (χ1n) is 9.79. The maximum absolute atomic E-state index is 15.1. The van der Waals surface area contributed by atoms with E-state index >= 15 is 4.39 Å². The van der Waals surface area contributed by atoms with Crippen LogP contribution in [-0.4, -0.2) is 29.0 Å². The van der Waals surface area contributed by atoms with Crippen LogP contribution in [-0.2, 0) is 4.79 Å². The minimum Gasteiger partial charge on any atom is -0.474 e. The Bertz CT molecular complexity index is 1330. The molecule has 0 bridgehead atoms. The van der Waals surface area contributed by atoms with E-state index in [2.05, 4.69) is 20.6 Å². The van der Waals surface area contributed by atoms with Crippen molar-refractivity contribution < 1.29 is 13.9 Å². The lowest BCUT2D eigenvalue weighted by atomic mass is 9.90. The highest BCUT2D eigenvalue weighted by molar-refractivity contribution is 6.35. The van der Waals surface area contributed by atoms with Gasteiger partial charge in [-0.05, 0) is 48.7 Å². The highest BCUT2D eigenvalue weighted by Gasteiger charge is 2.31. The summed E-state index contributed by atoms with van der Waals surface area (Å²) in [6.07, 6.45) is 4.86. The number of aromatic amines is 1. The molecular formula is C23H18FN5O2. The van der Waals surface area contributed by atoms with E-state index in [-0.39, 0.29) is 5.69 Å². The smallest absolute Gasteiger partial charge is 0.256 e. The second-order valence-electron chi connectivity index (χ2n) is 7.50. The van der Waals surface area contributed by atoms with Crippen molar-refractivity contribution in [3.05, 3.63) is 58.3 Å². The van der Waals surface area contributed by atoms with E-state index in [4.69, 9.17) is 10.00 Å². The number of hydrogen-bond acceptors (Lipinski definition) is 5. The van der Waals surface area contributed by atoms with Crippen LogP contribution >= 0.6 is 0 Å². The quantitative estimate of drug-likeness (QED) is 0.549. The standard InChI is InChI=1S/C23H18FN5O2/c1-11-15(17-10-28-23-20(12(17)2)26-3-4-31-23)7-18(24)21-19(11)16(22(30)29-21)6-14-5-13(8-25)9-27-14/h5-7,9-10,26-27H,3-4H2,1-2H3,(H,29,30)/b16-6-. The molecule has 0 spiro atoms. The first-order valence-corrected chi connectivity index (χ1v) is 9.79. The number of benzene rings is 1. The molecule has 7 nitrogen and oxygen atoms in total. The van der Waals surface area contributed by atoms with Gasteiger partial charge in [0.15, 0.2) is 0 Å². The number of ether oxygens (including phenoxy) is 1. The highest BCUT2D eigenvalue weighted by atomic mass is 19.1. The van der Waals surface area contributed by atoms with Gasteiger partial charge in [0, 0.05) is 35.8 Å². The maximum atomic E-state index is 15.1. The fourth-order valence-corrected chi connectivity index (χ4v) is 4.13. The van der Waals surface area contributed by atoms with Crippen molar-refractivity contribution in [1.82, 2.24) is 9.97 Å². The molecule has 0 radical (unpaired) electrons. The molecule has 0 unspecified atom stereocenters. The fraction of sp³-hybridized carbons (Fsp3) is 0.174. The van der Waals surface area contributed by atoms with Crippen LogP contribution in [0.1, 0.15) is 27.9 Å². The molecule has 0 atom stereocenters. The van der Waals surface area contributed by atoms with Crippen molar-refractivity contribution in [2.75, 3.05) is 23.8 Å². The van der Waals surface area contributed by atoms with E-state index in [0.717, 1.165) is 22.4 Å². The van der Waals surface area contributed by atoms with Gasteiger partial charge in [0.2, 0.25) is 5.88 Å². The Morgan fingerprint density at radius 3 is 2.84 bits per heavy atom. The van der Waals surface area contributed by atoms with Crippen LogP contribution in [0.5, 0.6) is 5.88 Å². The minimum atomic E-state index is -0.516. The minimum absolute atomic E-state index is 0.162. The van der Waals surface area contributed by atoms with E-state index in [9.17, 15) is 4.79 Å². The van der Waals surface area contributed by atoms with Gasteiger partial charge < -0.3 is 20.4 Å². The molecular weight excluding hydrogens is 397 g/mol. The fourth-order valence-electron chi connectivity index (χ4n) is 4.13. The first-order chi connectivity index (χ1) is 15.0. The largest absolute Gasteiger partial charge is 0.474 e. The molecule has 3 aromatic rings.